The van der Waals surface area contributed by atoms with Crippen molar-refractivity contribution in [2.24, 2.45) is 0 Å². The van der Waals surface area contributed by atoms with Crippen LogP contribution in [-0.2, 0) is 5.41 Å². The first kappa shape index (κ1) is 22.4. The van der Waals surface area contributed by atoms with Gasteiger partial charge in [-0.1, -0.05) is 49.6 Å². The minimum absolute atomic E-state index is 0.187. The number of phenols is 2. The zero-order valence-electron chi connectivity index (χ0n) is 18.4. The van der Waals surface area contributed by atoms with Crippen LogP contribution in [0.25, 0.3) is 0 Å². The van der Waals surface area contributed by atoms with Gasteiger partial charge in [-0.05, 0) is 59.7 Å². The maximum absolute atomic E-state index is 9.63. The van der Waals surface area contributed by atoms with Crippen LogP contribution in [0.15, 0.2) is 84.9 Å². The number of rotatable bonds is 6. The van der Waals surface area contributed by atoms with Crippen molar-refractivity contribution >= 4 is 26.6 Å². The SMILES string of the molecule is [B]c1ccc(Oc2ccc(C(C)(C)c3ccc(Oc4ccc(O)c(O)c4)cc3)cc2)cc1[B]. The highest BCUT2D eigenvalue weighted by Crippen LogP contribution is 2.35. The highest BCUT2D eigenvalue weighted by atomic mass is 16.5. The third-order valence-electron chi connectivity index (χ3n) is 5.63. The van der Waals surface area contributed by atoms with Crippen molar-refractivity contribution in [1.29, 1.82) is 0 Å². The van der Waals surface area contributed by atoms with Gasteiger partial charge >= 0.3 is 0 Å². The van der Waals surface area contributed by atoms with E-state index < -0.39 is 0 Å². The van der Waals surface area contributed by atoms with Gasteiger partial charge in [0, 0.05) is 11.5 Å². The summed E-state index contributed by atoms with van der Waals surface area (Å²) in [6.45, 7) is 4.30. The van der Waals surface area contributed by atoms with E-state index in [1.807, 2.05) is 48.5 Å². The second-order valence-electron chi connectivity index (χ2n) is 8.32. The largest absolute Gasteiger partial charge is 0.504 e. The number of aromatic hydroxyl groups is 2. The molecule has 4 radical (unpaired) electrons. The van der Waals surface area contributed by atoms with E-state index >= 15 is 0 Å². The van der Waals surface area contributed by atoms with Crippen LogP contribution in [0.3, 0.4) is 0 Å². The summed E-state index contributed by atoms with van der Waals surface area (Å²) < 4.78 is 11.7. The molecular weight excluding hydrogens is 410 g/mol. The van der Waals surface area contributed by atoms with Crippen LogP contribution >= 0.6 is 0 Å². The minimum atomic E-state index is -0.251. The van der Waals surface area contributed by atoms with Crippen molar-refractivity contribution in [1.82, 2.24) is 0 Å². The lowest BCUT2D eigenvalue weighted by atomic mass is 9.78. The van der Waals surface area contributed by atoms with Gasteiger partial charge in [0.15, 0.2) is 11.5 Å². The third kappa shape index (κ3) is 5.01. The predicted molar refractivity (Wildman–Crippen MR) is 132 cm³/mol. The summed E-state index contributed by atoms with van der Waals surface area (Å²) in [5.74, 6) is 2.00. The van der Waals surface area contributed by atoms with Gasteiger partial charge in [-0.15, -0.1) is 5.46 Å². The molecule has 0 spiro atoms. The van der Waals surface area contributed by atoms with Crippen molar-refractivity contribution in [2.45, 2.75) is 19.3 Å². The summed E-state index contributed by atoms with van der Waals surface area (Å²) in [5, 5.41) is 19.1. The van der Waals surface area contributed by atoms with Crippen LogP contribution < -0.4 is 20.4 Å². The Hall–Kier alpha value is -3.79. The van der Waals surface area contributed by atoms with Crippen LogP contribution in [0, 0.1) is 0 Å². The third-order valence-corrected chi connectivity index (χ3v) is 5.63. The van der Waals surface area contributed by atoms with Gasteiger partial charge in [0.1, 0.15) is 38.7 Å². The minimum Gasteiger partial charge on any atom is -0.504 e. The average molecular weight is 432 g/mol. The molecule has 4 nitrogen and oxygen atoms in total. The first-order chi connectivity index (χ1) is 15.7. The van der Waals surface area contributed by atoms with E-state index in [-0.39, 0.29) is 16.9 Å². The van der Waals surface area contributed by atoms with E-state index in [0.717, 1.165) is 11.1 Å². The molecule has 0 heterocycles. The zero-order chi connectivity index (χ0) is 23.6. The van der Waals surface area contributed by atoms with Gasteiger partial charge in [-0.2, -0.15) is 0 Å². The van der Waals surface area contributed by atoms with E-state index in [9.17, 15) is 10.2 Å². The van der Waals surface area contributed by atoms with Crippen LogP contribution in [0.4, 0.5) is 0 Å². The number of ether oxygens (including phenoxy) is 2. The van der Waals surface area contributed by atoms with Crippen molar-refractivity contribution in [3.63, 3.8) is 0 Å². The lowest BCUT2D eigenvalue weighted by Crippen LogP contribution is -2.24. The van der Waals surface area contributed by atoms with Gasteiger partial charge in [-0.3, -0.25) is 0 Å². The highest BCUT2D eigenvalue weighted by molar-refractivity contribution is 6.48. The van der Waals surface area contributed by atoms with Crippen molar-refractivity contribution < 1.29 is 19.7 Å². The van der Waals surface area contributed by atoms with Gasteiger partial charge in [0.25, 0.3) is 0 Å². The Morgan fingerprint density at radius 1 is 0.545 bits per heavy atom. The quantitative estimate of drug-likeness (QED) is 0.346. The fourth-order valence-electron chi connectivity index (χ4n) is 3.50. The topological polar surface area (TPSA) is 58.9 Å². The maximum Gasteiger partial charge on any atom is 0.161 e. The Morgan fingerprint density at radius 2 is 1.00 bits per heavy atom. The Kier molecular flexibility index (Phi) is 6.10. The molecular formula is C27H22B2O4. The van der Waals surface area contributed by atoms with Crippen LogP contribution in [0.5, 0.6) is 34.5 Å². The Balaban J connectivity index is 1.47. The van der Waals surface area contributed by atoms with Crippen molar-refractivity contribution in [3.8, 4) is 34.5 Å². The first-order valence-corrected chi connectivity index (χ1v) is 10.5. The summed E-state index contributed by atoms with van der Waals surface area (Å²) in [5.41, 5.74) is 3.00. The number of benzene rings is 4. The molecule has 0 unspecified atom stereocenters. The predicted octanol–water partition coefficient (Wildman–Crippen LogP) is 4.60. The van der Waals surface area contributed by atoms with E-state index in [0.29, 0.717) is 33.9 Å². The standard InChI is InChI=1S/C27H22B2O4/c1-27(2,17-3-7-19(8-4-17)32-21-11-13-23(28)24(29)15-21)18-5-9-20(10-6-18)33-22-12-14-25(30)26(31)16-22/h3-16,30-31H,1-2H3. The van der Waals surface area contributed by atoms with Crippen molar-refractivity contribution in [3.05, 3.63) is 96.1 Å². The Labute approximate surface area is 196 Å². The molecule has 0 aromatic heterocycles. The molecule has 6 heteroatoms. The van der Waals surface area contributed by atoms with Gasteiger partial charge in [-0.25, -0.2) is 0 Å². The summed E-state index contributed by atoms with van der Waals surface area (Å²) in [4.78, 5) is 0. The number of phenolic OH excluding ortho intramolecular Hbond substituents is 2. The molecule has 4 rings (SSSR count). The summed E-state index contributed by atoms with van der Waals surface area (Å²) in [6.07, 6.45) is 0. The summed E-state index contributed by atoms with van der Waals surface area (Å²) >= 11 is 0. The van der Waals surface area contributed by atoms with E-state index in [2.05, 4.69) is 13.8 Å². The molecule has 0 aliphatic carbocycles. The molecule has 160 valence electrons. The summed E-state index contributed by atoms with van der Waals surface area (Å²) in [7, 11) is 11.6. The van der Waals surface area contributed by atoms with Gasteiger partial charge < -0.3 is 19.7 Å². The monoisotopic (exact) mass is 432 g/mol. The molecule has 0 bridgehead atoms. The lowest BCUT2D eigenvalue weighted by molar-refractivity contribution is 0.398. The number of hydrogen-bond donors (Lipinski definition) is 2. The molecule has 0 aliphatic heterocycles. The Morgan fingerprint density at radius 3 is 1.48 bits per heavy atom. The lowest BCUT2D eigenvalue weighted by Gasteiger charge is -2.26. The fourth-order valence-corrected chi connectivity index (χ4v) is 3.50. The normalized spacial score (nSPS) is 11.2. The molecule has 2 N–H and O–H groups in total. The fraction of sp³-hybridized carbons (Fsp3) is 0.111. The Bertz CT molecular complexity index is 1170. The molecule has 0 saturated heterocycles. The molecule has 33 heavy (non-hydrogen) atoms. The molecule has 4 aromatic rings. The van der Waals surface area contributed by atoms with Gasteiger partial charge in [0.05, 0.1) is 0 Å². The molecule has 0 fully saturated rings. The molecule has 4 aromatic carbocycles. The zero-order valence-corrected chi connectivity index (χ0v) is 18.4. The van der Waals surface area contributed by atoms with Crippen LogP contribution in [0.1, 0.15) is 25.0 Å². The van der Waals surface area contributed by atoms with E-state index in [1.54, 1.807) is 24.3 Å². The maximum atomic E-state index is 9.63. The van der Waals surface area contributed by atoms with E-state index in [4.69, 9.17) is 25.2 Å². The highest BCUT2D eigenvalue weighted by Gasteiger charge is 2.23. The number of hydrogen-bond acceptors (Lipinski definition) is 4. The van der Waals surface area contributed by atoms with Crippen molar-refractivity contribution in [2.75, 3.05) is 0 Å². The average Bonchev–Trinajstić information content (AvgIpc) is 2.80. The first-order valence-electron chi connectivity index (χ1n) is 10.5. The molecule has 0 atom stereocenters. The van der Waals surface area contributed by atoms with Crippen LogP contribution in [-0.4, -0.2) is 25.9 Å². The summed E-state index contributed by atoms with van der Waals surface area (Å²) in [6, 6.07) is 25.3. The second kappa shape index (κ2) is 8.99. The van der Waals surface area contributed by atoms with Crippen LogP contribution in [0.2, 0.25) is 0 Å². The smallest absolute Gasteiger partial charge is 0.161 e. The second-order valence-corrected chi connectivity index (χ2v) is 8.32. The van der Waals surface area contributed by atoms with Gasteiger partial charge in [0.2, 0.25) is 0 Å². The molecule has 0 aliphatic rings. The molecule has 0 amide bonds. The van der Waals surface area contributed by atoms with E-state index in [1.165, 1.54) is 12.1 Å². The molecule has 0 saturated carbocycles.